The van der Waals surface area contributed by atoms with Crippen LogP contribution in [0.5, 0.6) is 0 Å². The molecule has 0 unspecified atom stereocenters. The van der Waals surface area contributed by atoms with Crippen molar-refractivity contribution in [2.45, 2.75) is 20.0 Å². The maximum absolute atomic E-state index is 12.5. The van der Waals surface area contributed by atoms with E-state index in [-0.39, 0.29) is 18.5 Å². The quantitative estimate of drug-likeness (QED) is 0.847. The van der Waals surface area contributed by atoms with Crippen molar-refractivity contribution in [3.8, 4) is 0 Å². The molecule has 5 nitrogen and oxygen atoms in total. The first kappa shape index (κ1) is 18.3. The maximum Gasteiger partial charge on any atom is 0.320 e. The van der Waals surface area contributed by atoms with E-state index in [9.17, 15) is 9.59 Å². The lowest BCUT2D eigenvalue weighted by Crippen LogP contribution is -2.39. The summed E-state index contributed by atoms with van der Waals surface area (Å²) in [6, 6.07) is 15.4. The summed E-state index contributed by atoms with van der Waals surface area (Å²) in [6.07, 6.45) is 0. The number of carbonyl (C=O) groups is 2. The second-order valence-corrected chi connectivity index (χ2v) is 6.89. The van der Waals surface area contributed by atoms with Crippen LogP contribution in [0, 0.1) is 6.92 Å². The first-order chi connectivity index (χ1) is 12.5. The Hall–Kier alpha value is -2.53. The van der Waals surface area contributed by atoms with Gasteiger partial charge < -0.3 is 15.1 Å². The SMILES string of the molecule is Cc1ccc(CNC(=O)CN2CCN(Cc3ccccc3Cl)C2=O)cc1. The molecule has 3 rings (SSSR count). The minimum absolute atomic E-state index is 0.0731. The lowest BCUT2D eigenvalue weighted by molar-refractivity contribution is -0.121. The lowest BCUT2D eigenvalue weighted by Gasteiger charge is -2.19. The number of hydrogen-bond donors (Lipinski definition) is 1. The number of halogens is 1. The van der Waals surface area contributed by atoms with Crippen molar-refractivity contribution in [2.24, 2.45) is 0 Å². The summed E-state index contributed by atoms with van der Waals surface area (Å²) in [4.78, 5) is 27.9. The molecule has 0 atom stereocenters. The average Bonchev–Trinajstić information content (AvgIpc) is 2.96. The molecule has 136 valence electrons. The van der Waals surface area contributed by atoms with E-state index in [0.717, 1.165) is 11.1 Å². The fourth-order valence-corrected chi connectivity index (χ4v) is 3.09. The molecule has 0 saturated carbocycles. The predicted octanol–water partition coefficient (Wildman–Crippen LogP) is 3.20. The third kappa shape index (κ3) is 4.55. The van der Waals surface area contributed by atoms with Crippen LogP contribution in [0.1, 0.15) is 16.7 Å². The van der Waals surface area contributed by atoms with Crippen molar-refractivity contribution in [3.05, 3.63) is 70.2 Å². The number of aryl methyl sites for hydroxylation is 1. The number of carbonyl (C=O) groups excluding carboxylic acids is 2. The normalized spacial score (nSPS) is 14.0. The van der Waals surface area contributed by atoms with E-state index in [4.69, 9.17) is 11.6 Å². The Balaban J connectivity index is 1.49. The van der Waals surface area contributed by atoms with Gasteiger partial charge in [-0.05, 0) is 24.1 Å². The first-order valence-corrected chi connectivity index (χ1v) is 9.00. The Morgan fingerprint density at radius 2 is 1.77 bits per heavy atom. The summed E-state index contributed by atoms with van der Waals surface area (Å²) < 4.78 is 0. The summed E-state index contributed by atoms with van der Waals surface area (Å²) in [5.74, 6) is -0.154. The monoisotopic (exact) mass is 371 g/mol. The maximum atomic E-state index is 12.5. The van der Waals surface area contributed by atoms with Gasteiger partial charge in [-0.15, -0.1) is 0 Å². The smallest absolute Gasteiger partial charge is 0.320 e. The molecule has 2 aromatic carbocycles. The van der Waals surface area contributed by atoms with Crippen LogP contribution < -0.4 is 5.32 Å². The molecule has 0 spiro atoms. The van der Waals surface area contributed by atoms with Crippen LogP contribution >= 0.6 is 11.6 Å². The van der Waals surface area contributed by atoms with E-state index in [2.05, 4.69) is 5.32 Å². The van der Waals surface area contributed by atoms with Crippen LogP contribution in [0.15, 0.2) is 48.5 Å². The molecule has 0 aliphatic carbocycles. The van der Waals surface area contributed by atoms with Gasteiger partial charge in [0.05, 0.1) is 0 Å². The Morgan fingerprint density at radius 1 is 1.08 bits per heavy atom. The molecule has 6 heteroatoms. The molecule has 0 aromatic heterocycles. The third-order valence-corrected chi connectivity index (χ3v) is 4.81. The van der Waals surface area contributed by atoms with E-state index in [0.29, 0.717) is 31.2 Å². The van der Waals surface area contributed by atoms with Crippen LogP contribution in [0.25, 0.3) is 0 Å². The summed E-state index contributed by atoms with van der Waals surface area (Å²) in [5.41, 5.74) is 3.13. The molecule has 0 radical (unpaired) electrons. The van der Waals surface area contributed by atoms with E-state index in [1.54, 1.807) is 9.80 Å². The molecule has 3 amide bonds. The highest BCUT2D eigenvalue weighted by Gasteiger charge is 2.29. The zero-order chi connectivity index (χ0) is 18.5. The molecule has 1 fully saturated rings. The van der Waals surface area contributed by atoms with Gasteiger partial charge in [0.25, 0.3) is 0 Å². The van der Waals surface area contributed by atoms with Crippen LogP contribution in [0.4, 0.5) is 4.79 Å². The third-order valence-electron chi connectivity index (χ3n) is 4.44. The number of nitrogens with zero attached hydrogens (tertiary/aromatic N) is 2. The van der Waals surface area contributed by atoms with Gasteiger partial charge in [-0.2, -0.15) is 0 Å². The molecule has 2 aromatic rings. The topological polar surface area (TPSA) is 52.7 Å². The number of urea groups is 1. The van der Waals surface area contributed by atoms with E-state index in [1.807, 2.05) is 55.5 Å². The first-order valence-electron chi connectivity index (χ1n) is 8.62. The highest BCUT2D eigenvalue weighted by atomic mass is 35.5. The fourth-order valence-electron chi connectivity index (χ4n) is 2.89. The molecule has 1 aliphatic heterocycles. The summed E-state index contributed by atoms with van der Waals surface area (Å²) in [5, 5.41) is 3.51. The Kier molecular flexibility index (Phi) is 5.78. The molecular formula is C20H22ClN3O2. The minimum Gasteiger partial charge on any atom is -0.350 e. The van der Waals surface area contributed by atoms with Crippen molar-refractivity contribution in [3.63, 3.8) is 0 Å². The summed E-state index contributed by atoms with van der Waals surface area (Å²) in [7, 11) is 0. The van der Waals surface area contributed by atoms with Crippen molar-refractivity contribution < 1.29 is 9.59 Å². The molecule has 0 bridgehead atoms. The van der Waals surface area contributed by atoms with Crippen molar-refractivity contribution in [1.29, 1.82) is 0 Å². The second-order valence-electron chi connectivity index (χ2n) is 6.48. The van der Waals surface area contributed by atoms with E-state index < -0.39 is 0 Å². The molecule has 1 saturated heterocycles. The van der Waals surface area contributed by atoms with Crippen LogP contribution in [0.3, 0.4) is 0 Å². The van der Waals surface area contributed by atoms with Gasteiger partial charge in [-0.25, -0.2) is 4.79 Å². The summed E-state index contributed by atoms with van der Waals surface area (Å²) >= 11 is 6.16. The number of amides is 3. The van der Waals surface area contributed by atoms with Gasteiger partial charge in [0, 0.05) is 31.2 Å². The molecule has 1 aliphatic rings. The van der Waals surface area contributed by atoms with Gasteiger partial charge in [-0.1, -0.05) is 59.6 Å². The van der Waals surface area contributed by atoms with Gasteiger partial charge in [0.15, 0.2) is 0 Å². The van der Waals surface area contributed by atoms with Crippen molar-refractivity contribution in [1.82, 2.24) is 15.1 Å². The number of rotatable bonds is 6. The number of hydrogen-bond acceptors (Lipinski definition) is 2. The van der Waals surface area contributed by atoms with Gasteiger partial charge >= 0.3 is 6.03 Å². The van der Waals surface area contributed by atoms with Crippen molar-refractivity contribution in [2.75, 3.05) is 19.6 Å². The van der Waals surface area contributed by atoms with Gasteiger partial charge in [0.2, 0.25) is 5.91 Å². The molecule has 26 heavy (non-hydrogen) atoms. The number of benzene rings is 2. The van der Waals surface area contributed by atoms with E-state index >= 15 is 0 Å². The average molecular weight is 372 g/mol. The fraction of sp³-hybridized carbons (Fsp3) is 0.300. The van der Waals surface area contributed by atoms with Gasteiger partial charge in [0.1, 0.15) is 6.54 Å². The van der Waals surface area contributed by atoms with Crippen molar-refractivity contribution >= 4 is 23.5 Å². The predicted molar refractivity (Wildman–Crippen MR) is 102 cm³/mol. The summed E-state index contributed by atoms with van der Waals surface area (Å²) in [6.45, 7) is 4.15. The Bertz CT molecular complexity index is 792. The zero-order valence-electron chi connectivity index (χ0n) is 14.7. The zero-order valence-corrected chi connectivity index (χ0v) is 15.5. The molecule has 1 heterocycles. The lowest BCUT2D eigenvalue weighted by atomic mass is 10.1. The van der Waals surface area contributed by atoms with Gasteiger partial charge in [-0.3, -0.25) is 4.79 Å². The van der Waals surface area contributed by atoms with Crippen LogP contribution in [0.2, 0.25) is 5.02 Å². The number of nitrogens with one attached hydrogen (secondary N) is 1. The molecule has 1 N–H and O–H groups in total. The highest BCUT2D eigenvalue weighted by Crippen LogP contribution is 2.19. The minimum atomic E-state index is -0.154. The van der Waals surface area contributed by atoms with Crippen LogP contribution in [-0.2, 0) is 17.9 Å². The highest BCUT2D eigenvalue weighted by molar-refractivity contribution is 6.31. The largest absolute Gasteiger partial charge is 0.350 e. The van der Waals surface area contributed by atoms with Crippen LogP contribution in [-0.4, -0.2) is 41.4 Å². The Labute approximate surface area is 158 Å². The molecular weight excluding hydrogens is 350 g/mol. The second kappa shape index (κ2) is 8.23. The van der Waals surface area contributed by atoms with E-state index in [1.165, 1.54) is 5.56 Å². The Morgan fingerprint density at radius 3 is 2.50 bits per heavy atom. The standard InChI is InChI=1S/C20H22ClN3O2/c1-15-6-8-16(9-7-15)12-22-19(25)14-24-11-10-23(20(24)26)13-17-4-2-3-5-18(17)21/h2-9H,10-14H2,1H3,(H,22,25).